The Morgan fingerprint density at radius 1 is 0.944 bits per heavy atom. The van der Waals surface area contributed by atoms with Gasteiger partial charge in [0.1, 0.15) is 0 Å². The number of nitrogens with two attached hydrogens (primary N) is 1. The molecule has 0 amide bonds. The number of hydrogen-bond donors (Lipinski definition) is 1. The highest BCUT2D eigenvalue weighted by Crippen LogP contribution is 2.28. The van der Waals surface area contributed by atoms with Crippen LogP contribution >= 0.6 is 15.9 Å². The van der Waals surface area contributed by atoms with Crippen LogP contribution in [-0.4, -0.2) is 9.97 Å². The van der Waals surface area contributed by atoms with E-state index in [1.165, 1.54) is 0 Å². The molecule has 0 bridgehead atoms. The van der Waals surface area contributed by atoms with Gasteiger partial charge in [-0.15, -0.1) is 0 Å². The molecule has 0 unspecified atom stereocenters. The van der Waals surface area contributed by atoms with E-state index in [-0.39, 0.29) is 0 Å². The zero-order valence-electron chi connectivity index (χ0n) is 9.47. The maximum Gasteiger partial charge on any atom is 0.197 e. The van der Waals surface area contributed by atoms with Gasteiger partial charge in [-0.25, -0.2) is 9.97 Å². The third kappa shape index (κ3) is 1.95. The lowest BCUT2D eigenvalue weighted by atomic mass is 10.1. The summed E-state index contributed by atoms with van der Waals surface area (Å²) in [7, 11) is 0. The Labute approximate surface area is 113 Å². The van der Waals surface area contributed by atoms with Crippen molar-refractivity contribution >= 4 is 32.5 Å². The average molecular weight is 300 g/mol. The van der Waals surface area contributed by atoms with Crippen LogP contribution in [0.4, 0.5) is 5.69 Å². The highest BCUT2D eigenvalue weighted by atomic mass is 79.9. The van der Waals surface area contributed by atoms with Crippen molar-refractivity contribution in [1.82, 2.24) is 9.97 Å². The number of nitrogens with zero attached hydrogens (tertiary/aromatic N) is 2. The lowest BCUT2D eigenvalue weighted by molar-refractivity contribution is 1.16. The van der Waals surface area contributed by atoms with Crippen LogP contribution in [0.25, 0.3) is 22.2 Å². The molecule has 0 saturated heterocycles. The van der Waals surface area contributed by atoms with E-state index in [1.807, 2.05) is 48.5 Å². The van der Waals surface area contributed by atoms with Crippen molar-refractivity contribution in [3.63, 3.8) is 0 Å². The minimum absolute atomic E-state index is 0.582. The fraction of sp³-hybridized carbons (Fsp3) is 0. The Hall–Kier alpha value is -1.94. The van der Waals surface area contributed by atoms with E-state index in [2.05, 4.69) is 25.9 Å². The summed E-state index contributed by atoms with van der Waals surface area (Å²) in [5, 5.41) is 1.02. The SMILES string of the molecule is Nc1cccc(-c2nc(Br)nc3ccccc23)c1. The lowest BCUT2D eigenvalue weighted by Crippen LogP contribution is -1.92. The highest BCUT2D eigenvalue weighted by molar-refractivity contribution is 9.10. The number of fused-ring (bicyclic) bond motifs is 1. The molecule has 3 nitrogen and oxygen atoms in total. The first kappa shape index (κ1) is 11.2. The van der Waals surface area contributed by atoms with E-state index in [0.29, 0.717) is 4.73 Å². The van der Waals surface area contributed by atoms with Crippen molar-refractivity contribution in [2.75, 3.05) is 5.73 Å². The zero-order valence-corrected chi connectivity index (χ0v) is 11.1. The summed E-state index contributed by atoms with van der Waals surface area (Å²) in [5.41, 5.74) is 9.35. The standard InChI is InChI=1S/C14H10BrN3/c15-14-17-12-7-2-1-6-11(12)13(18-14)9-4-3-5-10(16)8-9/h1-8H,16H2. The third-order valence-electron chi connectivity index (χ3n) is 2.74. The molecule has 4 heteroatoms. The highest BCUT2D eigenvalue weighted by Gasteiger charge is 2.08. The van der Waals surface area contributed by atoms with E-state index < -0.39 is 0 Å². The molecule has 2 N–H and O–H groups in total. The number of para-hydroxylation sites is 1. The predicted molar refractivity (Wildman–Crippen MR) is 77.1 cm³/mol. The van der Waals surface area contributed by atoms with Crippen LogP contribution in [0.3, 0.4) is 0 Å². The molecule has 0 spiro atoms. The molecular weight excluding hydrogens is 290 g/mol. The summed E-state index contributed by atoms with van der Waals surface area (Å²) < 4.78 is 0.582. The van der Waals surface area contributed by atoms with Gasteiger partial charge in [0, 0.05) is 16.6 Å². The van der Waals surface area contributed by atoms with Gasteiger partial charge in [0.25, 0.3) is 0 Å². The minimum atomic E-state index is 0.582. The van der Waals surface area contributed by atoms with Crippen molar-refractivity contribution < 1.29 is 0 Å². The van der Waals surface area contributed by atoms with Gasteiger partial charge in [-0.1, -0.05) is 30.3 Å². The fourth-order valence-electron chi connectivity index (χ4n) is 1.95. The molecule has 0 saturated carbocycles. The van der Waals surface area contributed by atoms with Crippen LogP contribution in [-0.2, 0) is 0 Å². The Balaban J connectivity index is 2.34. The van der Waals surface area contributed by atoms with Gasteiger partial charge in [-0.3, -0.25) is 0 Å². The Morgan fingerprint density at radius 2 is 1.78 bits per heavy atom. The summed E-state index contributed by atoms with van der Waals surface area (Å²) in [6, 6.07) is 15.6. The maximum atomic E-state index is 5.82. The number of aromatic nitrogens is 2. The van der Waals surface area contributed by atoms with Crippen LogP contribution < -0.4 is 5.73 Å². The van der Waals surface area contributed by atoms with Gasteiger partial charge in [-0.2, -0.15) is 0 Å². The summed E-state index contributed by atoms with van der Waals surface area (Å²) in [4.78, 5) is 8.82. The summed E-state index contributed by atoms with van der Waals surface area (Å²) >= 11 is 3.35. The van der Waals surface area contributed by atoms with Crippen LogP contribution in [0.5, 0.6) is 0 Å². The quantitative estimate of drug-likeness (QED) is 0.551. The first-order valence-corrected chi connectivity index (χ1v) is 6.31. The van der Waals surface area contributed by atoms with Gasteiger partial charge < -0.3 is 5.73 Å². The molecule has 0 radical (unpaired) electrons. The van der Waals surface area contributed by atoms with Crippen LogP contribution in [0.1, 0.15) is 0 Å². The monoisotopic (exact) mass is 299 g/mol. The van der Waals surface area contributed by atoms with Crippen molar-refractivity contribution in [2.24, 2.45) is 0 Å². The molecule has 0 aliphatic carbocycles. The van der Waals surface area contributed by atoms with Crippen molar-refractivity contribution in [3.05, 3.63) is 53.3 Å². The molecular formula is C14H10BrN3. The third-order valence-corrected chi connectivity index (χ3v) is 3.09. The first-order valence-electron chi connectivity index (χ1n) is 5.52. The Morgan fingerprint density at radius 3 is 2.61 bits per heavy atom. The molecule has 18 heavy (non-hydrogen) atoms. The number of rotatable bonds is 1. The molecule has 1 aromatic heterocycles. The van der Waals surface area contributed by atoms with E-state index in [0.717, 1.165) is 27.8 Å². The Kier molecular flexibility index (Phi) is 2.72. The van der Waals surface area contributed by atoms with Gasteiger partial charge in [0.2, 0.25) is 0 Å². The second kappa shape index (κ2) is 4.38. The first-order chi connectivity index (χ1) is 8.74. The van der Waals surface area contributed by atoms with Gasteiger partial charge in [0.05, 0.1) is 11.2 Å². The number of nitrogen functional groups attached to an aromatic ring is 1. The van der Waals surface area contributed by atoms with E-state index in [9.17, 15) is 0 Å². The van der Waals surface area contributed by atoms with Crippen LogP contribution in [0.15, 0.2) is 53.3 Å². The molecule has 2 aromatic carbocycles. The maximum absolute atomic E-state index is 5.82. The van der Waals surface area contributed by atoms with Crippen LogP contribution in [0.2, 0.25) is 0 Å². The summed E-state index contributed by atoms with van der Waals surface area (Å²) in [6.45, 7) is 0. The van der Waals surface area contributed by atoms with Crippen molar-refractivity contribution in [2.45, 2.75) is 0 Å². The number of halogens is 1. The van der Waals surface area contributed by atoms with E-state index >= 15 is 0 Å². The average Bonchev–Trinajstić information content (AvgIpc) is 2.37. The number of hydrogen-bond acceptors (Lipinski definition) is 3. The second-order valence-corrected chi connectivity index (χ2v) is 4.69. The number of benzene rings is 2. The summed E-state index contributed by atoms with van der Waals surface area (Å²) in [5.74, 6) is 0. The second-order valence-electron chi connectivity index (χ2n) is 3.98. The fourth-order valence-corrected chi connectivity index (χ4v) is 2.32. The predicted octanol–water partition coefficient (Wildman–Crippen LogP) is 3.64. The topological polar surface area (TPSA) is 51.8 Å². The van der Waals surface area contributed by atoms with Gasteiger partial charge in [-0.05, 0) is 34.1 Å². The molecule has 0 atom stereocenters. The smallest absolute Gasteiger partial charge is 0.197 e. The van der Waals surface area contributed by atoms with Crippen molar-refractivity contribution in [1.29, 1.82) is 0 Å². The molecule has 3 aromatic rings. The Bertz CT molecular complexity index is 725. The van der Waals surface area contributed by atoms with E-state index in [1.54, 1.807) is 0 Å². The molecule has 0 aliphatic rings. The lowest BCUT2D eigenvalue weighted by Gasteiger charge is -2.06. The zero-order chi connectivity index (χ0) is 12.5. The molecule has 88 valence electrons. The number of anilines is 1. The molecule has 3 rings (SSSR count). The minimum Gasteiger partial charge on any atom is -0.399 e. The van der Waals surface area contributed by atoms with Gasteiger partial charge in [0.15, 0.2) is 4.73 Å². The molecule has 0 aliphatic heterocycles. The normalized spacial score (nSPS) is 10.7. The van der Waals surface area contributed by atoms with Crippen molar-refractivity contribution in [3.8, 4) is 11.3 Å². The molecule has 1 heterocycles. The van der Waals surface area contributed by atoms with Crippen LogP contribution in [0, 0.1) is 0 Å². The largest absolute Gasteiger partial charge is 0.399 e. The van der Waals surface area contributed by atoms with Gasteiger partial charge >= 0.3 is 0 Å². The molecule has 0 fully saturated rings. The summed E-state index contributed by atoms with van der Waals surface area (Å²) in [6.07, 6.45) is 0. The van der Waals surface area contributed by atoms with E-state index in [4.69, 9.17) is 5.73 Å².